The fourth-order valence-corrected chi connectivity index (χ4v) is 1.61. The zero-order valence-corrected chi connectivity index (χ0v) is 10.7. The van der Waals surface area contributed by atoms with E-state index in [-0.39, 0.29) is 0 Å². The number of hydrogen-bond acceptors (Lipinski definition) is 0. The van der Waals surface area contributed by atoms with E-state index in [0.717, 1.165) is 6.42 Å². The zero-order valence-electron chi connectivity index (χ0n) is 10.7. The second-order valence-electron chi connectivity index (χ2n) is 4.37. The molecule has 0 amide bonds. The van der Waals surface area contributed by atoms with Gasteiger partial charge in [-0.2, -0.15) is 0 Å². The van der Waals surface area contributed by atoms with Crippen molar-refractivity contribution in [1.82, 2.24) is 0 Å². The third-order valence-electron chi connectivity index (χ3n) is 2.76. The monoisotopic (exact) mass is 234 g/mol. The van der Waals surface area contributed by atoms with Gasteiger partial charge >= 0.3 is 0 Å². The van der Waals surface area contributed by atoms with E-state index in [0.29, 0.717) is 0 Å². The highest BCUT2D eigenvalue weighted by Crippen LogP contribution is 2.33. The van der Waals surface area contributed by atoms with E-state index in [2.05, 4.69) is 49.5 Å². The smallest absolute Gasteiger partial charge is 0.00201 e. The van der Waals surface area contributed by atoms with Gasteiger partial charge in [0, 0.05) is 0 Å². The van der Waals surface area contributed by atoms with E-state index in [1.165, 1.54) is 16.7 Å². The molecule has 0 aromatic rings. The third-order valence-corrected chi connectivity index (χ3v) is 2.76. The highest BCUT2D eigenvalue weighted by Gasteiger charge is 2.14. The SMILES string of the molecule is CC1=CC=CC=CC=CC=CC=CC2=C(C=C1)C2. The third kappa shape index (κ3) is 4.42. The average Bonchev–Trinajstić information content (AvgIpc) is 3.11. The van der Waals surface area contributed by atoms with E-state index in [9.17, 15) is 0 Å². The van der Waals surface area contributed by atoms with Gasteiger partial charge in [-0.3, -0.25) is 0 Å². The summed E-state index contributed by atoms with van der Waals surface area (Å²) in [7, 11) is 0. The van der Waals surface area contributed by atoms with Crippen LogP contribution in [0.15, 0.2) is 95.7 Å². The second-order valence-corrected chi connectivity index (χ2v) is 4.37. The van der Waals surface area contributed by atoms with Gasteiger partial charge in [-0.05, 0) is 24.5 Å². The molecule has 0 heteroatoms. The maximum atomic E-state index is 2.21. The van der Waals surface area contributed by atoms with Gasteiger partial charge in [-0.1, -0.05) is 84.6 Å². The van der Waals surface area contributed by atoms with Crippen LogP contribution in [-0.2, 0) is 0 Å². The maximum Gasteiger partial charge on any atom is -0.00201 e. The lowest BCUT2D eigenvalue weighted by Crippen LogP contribution is -1.65. The van der Waals surface area contributed by atoms with Crippen molar-refractivity contribution in [3.8, 4) is 0 Å². The normalized spacial score (nSPS) is 19.1. The van der Waals surface area contributed by atoms with Crippen molar-refractivity contribution in [3.63, 3.8) is 0 Å². The minimum Gasteiger partial charge on any atom is -0.0623 e. The Balaban J connectivity index is 2.14. The van der Waals surface area contributed by atoms with Crippen molar-refractivity contribution in [2.24, 2.45) is 0 Å². The summed E-state index contributed by atoms with van der Waals surface area (Å²) in [5.74, 6) is 0. The van der Waals surface area contributed by atoms with Crippen molar-refractivity contribution < 1.29 is 0 Å². The molecule has 0 fully saturated rings. The highest BCUT2D eigenvalue weighted by atomic mass is 14.2. The first-order valence-corrected chi connectivity index (χ1v) is 6.28. The van der Waals surface area contributed by atoms with Gasteiger partial charge < -0.3 is 0 Å². The Morgan fingerprint density at radius 2 is 1.17 bits per heavy atom. The summed E-state index contributed by atoms with van der Waals surface area (Å²) in [5.41, 5.74) is 4.15. The van der Waals surface area contributed by atoms with Gasteiger partial charge in [0.2, 0.25) is 0 Å². The Morgan fingerprint density at radius 1 is 0.611 bits per heavy atom. The minimum atomic E-state index is 1.13. The summed E-state index contributed by atoms with van der Waals surface area (Å²) >= 11 is 0. The minimum absolute atomic E-state index is 1.13. The molecule has 90 valence electrons. The molecule has 0 spiro atoms. The van der Waals surface area contributed by atoms with Gasteiger partial charge in [0.1, 0.15) is 0 Å². The van der Waals surface area contributed by atoms with E-state index < -0.39 is 0 Å². The molecule has 18 heavy (non-hydrogen) atoms. The molecule has 0 saturated heterocycles. The summed E-state index contributed by atoms with van der Waals surface area (Å²) in [6.07, 6.45) is 28.2. The van der Waals surface area contributed by atoms with Crippen LogP contribution in [0.25, 0.3) is 0 Å². The lowest BCUT2D eigenvalue weighted by Gasteiger charge is -1.86. The zero-order chi connectivity index (χ0) is 12.6. The maximum absolute atomic E-state index is 2.21. The van der Waals surface area contributed by atoms with Crippen LogP contribution in [0.3, 0.4) is 0 Å². The molecule has 2 aliphatic rings. The molecule has 0 N–H and O–H groups in total. The van der Waals surface area contributed by atoms with E-state index >= 15 is 0 Å². The molecule has 0 heterocycles. The van der Waals surface area contributed by atoms with Crippen molar-refractivity contribution in [2.75, 3.05) is 0 Å². The van der Waals surface area contributed by atoms with E-state index in [1.54, 1.807) is 0 Å². The van der Waals surface area contributed by atoms with Crippen molar-refractivity contribution in [2.45, 2.75) is 13.3 Å². The van der Waals surface area contributed by atoms with Crippen LogP contribution in [0.5, 0.6) is 0 Å². The molecule has 2 aliphatic carbocycles. The lowest BCUT2D eigenvalue weighted by molar-refractivity contribution is 1.49. The van der Waals surface area contributed by atoms with E-state index in [1.807, 2.05) is 36.5 Å². The molecule has 0 aromatic carbocycles. The predicted molar refractivity (Wildman–Crippen MR) is 80.2 cm³/mol. The molecule has 0 atom stereocenters. The molecule has 0 aliphatic heterocycles. The number of rotatable bonds is 0. The van der Waals surface area contributed by atoms with Crippen LogP contribution in [0, 0.1) is 0 Å². The first kappa shape index (κ1) is 12.4. The largest absolute Gasteiger partial charge is 0.0623 e. The Labute approximate surface area is 109 Å². The van der Waals surface area contributed by atoms with Crippen LogP contribution in [-0.4, -0.2) is 0 Å². The quantitative estimate of drug-likeness (QED) is 0.554. The molecule has 0 nitrogen and oxygen atoms in total. The summed E-state index contributed by atoms with van der Waals surface area (Å²) in [5, 5.41) is 0. The van der Waals surface area contributed by atoms with Crippen molar-refractivity contribution in [1.29, 1.82) is 0 Å². The fourth-order valence-electron chi connectivity index (χ4n) is 1.61. The summed E-state index contributed by atoms with van der Waals surface area (Å²) < 4.78 is 0. The summed E-state index contributed by atoms with van der Waals surface area (Å²) in [6, 6.07) is 0. The topological polar surface area (TPSA) is 0 Å². The molecule has 0 unspecified atom stereocenters. The first-order chi connectivity index (χ1) is 8.86. The Hall–Kier alpha value is -2.08. The average molecular weight is 234 g/mol. The number of hydrogen-bond donors (Lipinski definition) is 0. The van der Waals surface area contributed by atoms with Gasteiger partial charge in [0.25, 0.3) is 0 Å². The van der Waals surface area contributed by atoms with Crippen LogP contribution in [0.1, 0.15) is 13.3 Å². The molecular formula is C18H18. The van der Waals surface area contributed by atoms with E-state index in [4.69, 9.17) is 0 Å². The van der Waals surface area contributed by atoms with Gasteiger partial charge in [-0.15, -0.1) is 0 Å². The first-order valence-electron chi connectivity index (χ1n) is 6.28. The number of allylic oxidation sites excluding steroid dienone is 16. The summed E-state index contributed by atoms with van der Waals surface area (Å²) in [4.78, 5) is 0. The second kappa shape index (κ2) is 6.61. The molecular weight excluding hydrogens is 216 g/mol. The van der Waals surface area contributed by atoms with Gasteiger partial charge in [0.15, 0.2) is 0 Å². The summed E-state index contributed by atoms with van der Waals surface area (Å²) in [6.45, 7) is 2.12. The van der Waals surface area contributed by atoms with Crippen LogP contribution >= 0.6 is 0 Å². The van der Waals surface area contributed by atoms with Gasteiger partial charge in [-0.25, -0.2) is 0 Å². The molecule has 0 aromatic heterocycles. The van der Waals surface area contributed by atoms with Crippen LogP contribution in [0.4, 0.5) is 0 Å². The Kier molecular flexibility index (Phi) is 4.54. The lowest BCUT2D eigenvalue weighted by atomic mass is 10.2. The van der Waals surface area contributed by atoms with Gasteiger partial charge in [0.05, 0.1) is 0 Å². The van der Waals surface area contributed by atoms with Crippen molar-refractivity contribution in [3.05, 3.63) is 95.7 Å². The van der Waals surface area contributed by atoms with Crippen LogP contribution in [0.2, 0.25) is 0 Å². The Morgan fingerprint density at radius 3 is 1.89 bits per heavy atom. The Bertz CT molecular complexity index is 522. The molecule has 2 rings (SSSR count). The molecule has 0 saturated carbocycles. The highest BCUT2D eigenvalue weighted by molar-refractivity contribution is 5.51. The standard InChI is InChI=1S/C18H18/c1-16-11-9-7-5-3-2-4-6-8-10-12-17-15-18(17)14-13-16/h2-14H,15H2,1H3. The molecule has 0 bridgehead atoms. The molecule has 0 radical (unpaired) electrons. The fraction of sp³-hybridized carbons (Fsp3) is 0.111. The predicted octanol–water partition coefficient (Wildman–Crippen LogP) is 4.98. The van der Waals surface area contributed by atoms with Crippen LogP contribution < -0.4 is 0 Å². The van der Waals surface area contributed by atoms with Crippen molar-refractivity contribution >= 4 is 0 Å².